The largest absolute Gasteiger partial charge is 0.351 e. The summed E-state index contributed by atoms with van der Waals surface area (Å²) < 4.78 is 0. The second-order valence-electron chi connectivity index (χ2n) is 3.78. The summed E-state index contributed by atoms with van der Waals surface area (Å²) in [4.78, 5) is 15.1. The lowest BCUT2D eigenvalue weighted by atomic mass is 10.1. The minimum absolute atomic E-state index is 0.244. The highest BCUT2D eigenvalue weighted by Crippen LogP contribution is 2.13. The average Bonchev–Trinajstić information content (AvgIpc) is 2.07. The zero-order chi connectivity index (χ0) is 10.0. The van der Waals surface area contributed by atoms with Gasteiger partial charge < -0.3 is 10.6 Å². The first-order valence-electron chi connectivity index (χ1n) is 4.86. The van der Waals surface area contributed by atoms with Crippen LogP contribution in [0.15, 0.2) is 0 Å². The molecule has 0 saturated carbocycles. The molecule has 76 valence electrons. The van der Waals surface area contributed by atoms with E-state index in [0.717, 1.165) is 19.6 Å². The van der Waals surface area contributed by atoms with Gasteiger partial charge in [0.15, 0.2) is 0 Å². The number of amides is 2. The monoisotopic (exact) mass is 185 g/mol. The van der Waals surface area contributed by atoms with Crippen LogP contribution in [-0.2, 0) is 0 Å². The number of rotatable bonds is 1. The summed E-state index contributed by atoms with van der Waals surface area (Å²) >= 11 is 0. The summed E-state index contributed by atoms with van der Waals surface area (Å²) in [7, 11) is 0. The lowest BCUT2D eigenvalue weighted by Gasteiger charge is -2.42. The molecule has 0 bridgehead atoms. The van der Waals surface area contributed by atoms with Crippen molar-refractivity contribution < 1.29 is 4.79 Å². The molecule has 1 aliphatic rings. The molecule has 2 unspecified atom stereocenters. The molecule has 2 amide bonds. The maximum absolute atomic E-state index is 11.0. The van der Waals surface area contributed by atoms with Crippen LogP contribution in [0.3, 0.4) is 0 Å². The van der Waals surface area contributed by atoms with E-state index in [1.807, 2.05) is 6.92 Å². The van der Waals surface area contributed by atoms with Gasteiger partial charge in [-0.15, -0.1) is 0 Å². The van der Waals surface area contributed by atoms with E-state index < -0.39 is 0 Å². The maximum atomic E-state index is 11.0. The molecule has 0 aromatic rings. The molecule has 4 heteroatoms. The van der Waals surface area contributed by atoms with Crippen molar-refractivity contribution in [2.45, 2.75) is 32.9 Å². The molecule has 2 atom stereocenters. The smallest absolute Gasteiger partial charge is 0.315 e. The van der Waals surface area contributed by atoms with Gasteiger partial charge in [-0.05, 0) is 20.4 Å². The Morgan fingerprint density at radius 1 is 1.38 bits per heavy atom. The Morgan fingerprint density at radius 2 is 2.00 bits per heavy atom. The van der Waals surface area contributed by atoms with Gasteiger partial charge in [0.1, 0.15) is 0 Å². The first-order chi connectivity index (χ1) is 6.06. The molecule has 0 spiro atoms. The van der Waals surface area contributed by atoms with Gasteiger partial charge >= 0.3 is 6.03 Å². The third kappa shape index (κ3) is 2.12. The lowest BCUT2D eigenvalue weighted by Crippen LogP contribution is -2.59. The fourth-order valence-electron chi connectivity index (χ4n) is 1.95. The third-order valence-electron chi connectivity index (χ3n) is 2.80. The van der Waals surface area contributed by atoms with Crippen LogP contribution < -0.4 is 5.73 Å². The minimum atomic E-state index is -0.296. The molecule has 1 aliphatic heterocycles. The van der Waals surface area contributed by atoms with Crippen LogP contribution in [0.1, 0.15) is 20.8 Å². The maximum Gasteiger partial charge on any atom is 0.315 e. The highest BCUT2D eigenvalue weighted by molar-refractivity contribution is 5.72. The summed E-state index contributed by atoms with van der Waals surface area (Å²) in [5, 5.41) is 0. The average molecular weight is 185 g/mol. The van der Waals surface area contributed by atoms with Crippen LogP contribution in [-0.4, -0.2) is 47.5 Å². The Bertz CT molecular complexity index is 195. The standard InChI is InChI=1S/C9H19N3O/c1-4-11-5-8(3)12(9(10)13)6-7(11)2/h7-8H,4-6H2,1-3H3,(H2,10,13). The predicted octanol–water partition coefficient (Wildman–Crippen LogP) is 0.480. The van der Waals surface area contributed by atoms with E-state index >= 15 is 0 Å². The first kappa shape index (κ1) is 10.3. The van der Waals surface area contributed by atoms with Crippen molar-refractivity contribution in [2.24, 2.45) is 5.73 Å². The van der Waals surface area contributed by atoms with E-state index in [0.29, 0.717) is 6.04 Å². The molecule has 0 radical (unpaired) electrons. The van der Waals surface area contributed by atoms with E-state index in [4.69, 9.17) is 5.73 Å². The van der Waals surface area contributed by atoms with Crippen molar-refractivity contribution in [3.05, 3.63) is 0 Å². The van der Waals surface area contributed by atoms with Crippen LogP contribution in [0.2, 0.25) is 0 Å². The summed E-state index contributed by atoms with van der Waals surface area (Å²) in [6.07, 6.45) is 0. The van der Waals surface area contributed by atoms with Crippen LogP contribution in [0.25, 0.3) is 0 Å². The first-order valence-corrected chi connectivity index (χ1v) is 4.86. The Morgan fingerprint density at radius 3 is 2.46 bits per heavy atom. The van der Waals surface area contributed by atoms with Crippen LogP contribution in [0.4, 0.5) is 4.79 Å². The van der Waals surface area contributed by atoms with Gasteiger partial charge in [0, 0.05) is 25.2 Å². The number of likely N-dealkylation sites (N-methyl/N-ethyl adjacent to an activating group) is 1. The van der Waals surface area contributed by atoms with Crippen LogP contribution >= 0.6 is 0 Å². The normalized spacial score (nSPS) is 30.5. The van der Waals surface area contributed by atoms with Crippen molar-refractivity contribution in [1.29, 1.82) is 0 Å². The summed E-state index contributed by atoms with van der Waals surface area (Å²) in [5.41, 5.74) is 5.28. The predicted molar refractivity (Wildman–Crippen MR) is 52.5 cm³/mol. The number of hydrogen-bond donors (Lipinski definition) is 1. The second kappa shape index (κ2) is 3.96. The van der Waals surface area contributed by atoms with E-state index in [2.05, 4.69) is 18.7 Å². The molecule has 1 heterocycles. The minimum Gasteiger partial charge on any atom is -0.351 e. The molecule has 1 rings (SSSR count). The number of urea groups is 1. The molecule has 1 saturated heterocycles. The van der Waals surface area contributed by atoms with Gasteiger partial charge in [-0.2, -0.15) is 0 Å². The number of nitrogens with zero attached hydrogens (tertiary/aromatic N) is 2. The van der Waals surface area contributed by atoms with Crippen molar-refractivity contribution in [1.82, 2.24) is 9.80 Å². The number of carbonyl (C=O) groups excluding carboxylic acids is 1. The molecule has 4 nitrogen and oxygen atoms in total. The van der Waals surface area contributed by atoms with Gasteiger partial charge in [-0.1, -0.05) is 6.92 Å². The zero-order valence-corrected chi connectivity index (χ0v) is 8.66. The highest BCUT2D eigenvalue weighted by atomic mass is 16.2. The Hall–Kier alpha value is -0.770. The summed E-state index contributed by atoms with van der Waals surface area (Å²) in [5.74, 6) is 0. The van der Waals surface area contributed by atoms with Crippen molar-refractivity contribution in [3.8, 4) is 0 Å². The summed E-state index contributed by atoms with van der Waals surface area (Å²) in [6, 6.07) is 0.373. The molecule has 13 heavy (non-hydrogen) atoms. The molecule has 0 aromatic heterocycles. The van der Waals surface area contributed by atoms with E-state index in [1.165, 1.54) is 0 Å². The quantitative estimate of drug-likeness (QED) is 0.646. The van der Waals surface area contributed by atoms with Gasteiger partial charge in [0.05, 0.1) is 0 Å². The molecular weight excluding hydrogens is 166 g/mol. The molecular formula is C9H19N3O. The van der Waals surface area contributed by atoms with Gasteiger partial charge in [-0.3, -0.25) is 4.90 Å². The lowest BCUT2D eigenvalue weighted by molar-refractivity contribution is 0.0704. The second-order valence-corrected chi connectivity index (χ2v) is 3.78. The van der Waals surface area contributed by atoms with Crippen molar-refractivity contribution in [2.75, 3.05) is 19.6 Å². The zero-order valence-electron chi connectivity index (χ0n) is 8.66. The molecule has 0 aliphatic carbocycles. The number of hydrogen-bond acceptors (Lipinski definition) is 2. The number of nitrogens with two attached hydrogens (primary N) is 1. The number of carbonyl (C=O) groups is 1. The van der Waals surface area contributed by atoms with Crippen molar-refractivity contribution >= 4 is 6.03 Å². The van der Waals surface area contributed by atoms with Crippen molar-refractivity contribution in [3.63, 3.8) is 0 Å². The van der Waals surface area contributed by atoms with E-state index in [-0.39, 0.29) is 12.1 Å². The topological polar surface area (TPSA) is 49.6 Å². The van der Waals surface area contributed by atoms with Gasteiger partial charge in [0.25, 0.3) is 0 Å². The fraction of sp³-hybridized carbons (Fsp3) is 0.889. The fourth-order valence-corrected chi connectivity index (χ4v) is 1.95. The SMILES string of the molecule is CCN1CC(C)N(C(N)=O)CC1C. The van der Waals surface area contributed by atoms with E-state index in [9.17, 15) is 4.79 Å². The van der Waals surface area contributed by atoms with Crippen LogP contribution in [0.5, 0.6) is 0 Å². The third-order valence-corrected chi connectivity index (χ3v) is 2.80. The number of piperazine rings is 1. The molecule has 2 N–H and O–H groups in total. The Kier molecular flexibility index (Phi) is 3.14. The Balaban J connectivity index is 2.61. The van der Waals surface area contributed by atoms with Gasteiger partial charge in [0.2, 0.25) is 0 Å². The van der Waals surface area contributed by atoms with Crippen LogP contribution in [0, 0.1) is 0 Å². The molecule has 1 fully saturated rings. The Labute approximate surface area is 79.7 Å². The number of primary amides is 1. The van der Waals surface area contributed by atoms with Gasteiger partial charge in [-0.25, -0.2) is 4.79 Å². The summed E-state index contributed by atoms with van der Waals surface area (Å²) in [6.45, 7) is 9.04. The van der Waals surface area contributed by atoms with E-state index in [1.54, 1.807) is 4.90 Å². The molecule has 0 aromatic carbocycles. The highest BCUT2D eigenvalue weighted by Gasteiger charge is 2.29.